The zero-order chi connectivity index (χ0) is 31.0. The molecular formula is C33H40BrN3O5S. The van der Waals surface area contributed by atoms with Crippen molar-refractivity contribution in [2.24, 2.45) is 0 Å². The van der Waals surface area contributed by atoms with Gasteiger partial charge in [0.05, 0.1) is 19.1 Å². The van der Waals surface area contributed by atoms with E-state index in [0.717, 1.165) is 63.8 Å². The predicted octanol–water partition coefficient (Wildman–Crippen LogP) is 5.62. The molecule has 8 nitrogen and oxygen atoms in total. The fourth-order valence-electron chi connectivity index (χ4n) is 5.52. The summed E-state index contributed by atoms with van der Waals surface area (Å²) in [6.45, 7) is 1.47. The Bertz CT molecular complexity index is 1510. The van der Waals surface area contributed by atoms with Crippen LogP contribution in [0.4, 0.5) is 5.69 Å². The Morgan fingerprint density at radius 3 is 2.33 bits per heavy atom. The van der Waals surface area contributed by atoms with Crippen LogP contribution < -0.4 is 14.4 Å². The Morgan fingerprint density at radius 2 is 1.67 bits per heavy atom. The van der Waals surface area contributed by atoms with E-state index >= 15 is 0 Å². The second kappa shape index (κ2) is 14.9. The van der Waals surface area contributed by atoms with Crippen molar-refractivity contribution in [1.82, 2.24) is 10.2 Å². The second-order valence-corrected chi connectivity index (χ2v) is 14.0. The van der Waals surface area contributed by atoms with Crippen LogP contribution in [-0.2, 0) is 32.6 Å². The summed E-state index contributed by atoms with van der Waals surface area (Å²) in [5.41, 5.74) is 2.80. The third-order valence-corrected chi connectivity index (χ3v) is 9.37. The minimum Gasteiger partial charge on any atom is -0.495 e. The summed E-state index contributed by atoms with van der Waals surface area (Å²) in [5.74, 6) is -0.398. The van der Waals surface area contributed by atoms with E-state index in [9.17, 15) is 18.0 Å². The number of aryl methyl sites for hydroxylation is 1. The number of halogens is 1. The molecule has 3 aromatic carbocycles. The Morgan fingerprint density at radius 1 is 0.977 bits per heavy atom. The number of benzene rings is 3. The molecule has 1 saturated carbocycles. The number of hydrogen-bond donors (Lipinski definition) is 1. The van der Waals surface area contributed by atoms with E-state index in [4.69, 9.17) is 4.74 Å². The average Bonchev–Trinajstić information content (AvgIpc) is 2.98. The number of carbonyl (C=O) groups is 2. The number of hydrogen-bond acceptors (Lipinski definition) is 5. The van der Waals surface area contributed by atoms with Gasteiger partial charge in [-0.25, -0.2) is 8.42 Å². The molecule has 0 radical (unpaired) electrons. The molecule has 10 heteroatoms. The van der Waals surface area contributed by atoms with Crippen molar-refractivity contribution in [3.63, 3.8) is 0 Å². The van der Waals surface area contributed by atoms with Gasteiger partial charge in [0.25, 0.3) is 0 Å². The van der Waals surface area contributed by atoms with Gasteiger partial charge in [-0.15, -0.1) is 0 Å². The smallest absolute Gasteiger partial charge is 0.244 e. The van der Waals surface area contributed by atoms with E-state index in [1.54, 1.807) is 12.1 Å². The summed E-state index contributed by atoms with van der Waals surface area (Å²) in [5, 5.41) is 3.22. The number of nitrogens with one attached hydrogen (secondary N) is 1. The Hall–Kier alpha value is -3.37. The molecule has 1 atom stereocenters. The van der Waals surface area contributed by atoms with Gasteiger partial charge in [-0.1, -0.05) is 83.7 Å². The maximum Gasteiger partial charge on any atom is 0.244 e. The zero-order valence-electron chi connectivity index (χ0n) is 25.0. The number of carbonyl (C=O) groups excluding carboxylic acids is 2. The number of methoxy groups -OCH3 is 1. The number of rotatable bonds is 12. The van der Waals surface area contributed by atoms with E-state index in [-0.39, 0.29) is 30.6 Å². The summed E-state index contributed by atoms with van der Waals surface area (Å²) in [7, 11) is -2.45. The highest BCUT2D eigenvalue weighted by Crippen LogP contribution is 2.31. The van der Waals surface area contributed by atoms with Gasteiger partial charge in [-0.05, 0) is 60.7 Å². The maximum absolute atomic E-state index is 14.4. The fourth-order valence-corrected chi connectivity index (χ4v) is 6.81. The minimum absolute atomic E-state index is 0.0476. The lowest BCUT2D eigenvalue weighted by molar-refractivity contribution is -0.140. The number of sulfonamides is 1. The molecule has 0 aliphatic heterocycles. The molecule has 230 valence electrons. The SMILES string of the molecule is COc1ccc(C)cc1N(CC(=O)N(Cc1cccc(Br)c1)C(Cc1ccccc1)C(=O)NC1CCCCC1)S(C)(=O)=O. The van der Waals surface area contributed by atoms with Gasteiger partial charge < -0.3 is 15.0 Å². The normalized spacial score (nSPS) is 14.5. The van der Waals surface area contributed by atoms with Crippen molar-refractivity contribution in [3.8, 4) is 5.75 Å². The standard InChI is InChI=1S/C33H40BrN3O5S/c1-24-17-18-31(42-2)29(19-24)37(43(3,40)41)23-32(38)36(22-26-13-10-14-27(34)20-26)30(21-25-11-6-4-7-12-25)33(39)35-28-15-8-5-9-16-28/h4,6-7,10-14,17-20,28,30H,5,8-9,15-16,21-23H2,1-3H3,(H,35,39). The van der Waals surface area contributed by atoms with E-state index in [1.807, 2.05) is 67.6 Å². The van der Waals surface area contributed by atoms with Gasteiger partial charge in [0.15, 0.2) is 0 Å². The number of anilines is 1. The molecule has 1 N–H and O–H groups in total. The Balaban J connectivity index is 1.75. The number of nitrogens with zero attached hydrogens (tertiary/aromatic N) is 2. The maximum atomic E-state index is 14.4. The van der Waals surface area contributed by atoms with Crippen molar-refractivity contribution in [2.75, 3.05) is 24.2 Å². The molecule has 0 heterocycles. The summed E-state index contributed by atoms with van der Waals surface area (Å²) in [4.78, 5) is 29.9. The topological polar surface area (TPSA) is 96.0 Å². The van der Waals surface area contributed by atoms with Crippen molar-refractivity contribution in [3.05, 3.63) is 94.0 Å². The monoisotopic (exact) mass is 669 g/mol. The highest BCUT2D eigenvalue weighted by atomic mass is 79.9. The van der Waals surface area contributed by atoms with E-state index in [0.29, 0.717) is 5.75 Å². The van der Waals surface area contributed by atoms with Crippen LogP contribution in [0.5, 0.6) is 5.75 Å². The van der Waals surface area contributed by atoms with Gasteiger partial charge in [0.1, 0.15) is 18.3 Å². The highest BCUT2D eigenvalue weighted by molar-refractivity contribution is 9.10. The predicted molar refractivity (Wildman–Crippen MR) is 174 cm³/mol. The highest BCUT2D eigenvalue weighted by Gasteiger charge is 2.34. The minimum atomic E-state index is -3.91. The molecule has 0 bridgehead atoms. The van der Waals surface area contributed by atoms with Crippen LogP contribution in [0, 0.1) is 6.92 Å². The lowest BCUT2D eigenvalue weighted by atomic mass is 9.94. The Kier molecular flexibility index (Phi) is 11.3. The molecule has 0 aromatic heterocycles. The van der Waals surface area contributed by atoms with Crippen LogP contribution in [0.15, 0.2) is 77.3 Å². The van der Waals surface area contributed by atoms with Crippen molar-refractivity contribution < 1.29 is 22.7 Å². The molecule has 2 amide bonds. The van der Waals surface area contributed by atoms with Gasteiger partial charge >= 0.3 is 0 Å². The van der Waals surface area contributed by atoms with Gasteiger partial charge in [-0.3, -0.25) is 13.9 Å². The van der Waals surface area contributed by atoms with Crippen molar-refractivity contribution in [2.45, 2.75) is 64.1 Å². The molecule has 0 spiro atoms. The first-order valence-corrected chi connectivity index (χ1v) is 17.2. The van der Waals surface area contributed by atoms with Crippen LogP contribution >= 0.6 is 15.9 Å². The molecule has 43 heavy (non-hydrogen) atoms. The molecule has 4 rings (SSSR count). The third kappa shape index (κ3) is 9.06. The molecule has 1 unspecified atom stereocenters. The lowest BCUT2D eigenvalue weighted by Gasteiger charge is -2.35. The number of amides is 2. The zero-order valence-corrected chi connectivity index (χ0v) is 27.4. The molecule has 1 aliphatic carbocycles. The molecule has 1 aliphatic rings. The first kappa shape index (κ1) is 32.5. The van der Waals surface area contributed by atoms with Gasteiger partial charge in [0, 0.05) is 23.5 Å². The summed E-state index contributed by atoms with van der Waals surface area (Å²) in [6.07, 6.45) is 6.41. The average molecular weight is 671 g/mol. The molecular weight excluding hydrogens is 630 g/mol. The first-order chi connectivity index (χ1) is 20.5. The summed E-state index contributed by atoms with van der Waals surface area (Å²) in [6, 6.07) is 21.5. The second-order valence-electron chi connectivity index (χ2n) is 11.1. The van der Waals surface area contributed by atoms with Crippen molar-refractivity contribution >= 4 is 43.5 Å². The summed E-state index contributed by atoms with van der Waals surface area (Å²) < 4.78 is 33.7. The molecule has 1 fully saturated rings. The van der Waals surface area contributed by atoms with Crippen LogP contribution in [-0.4, -0.2) is 57.1 Å². The largest absolute Gasteiger partial charge is 0.495 e. The van der Waals surface area contributed by atoms with E-state index in [2.05, 4.69) is 21.2 Å². The fraction of sp³-hybridized carbons (Fsp3) is 0.394. The lowest BCUT2D eigenvalue weighted by Crippen LogP contribution is -2.55. The van der Waals surface area contributed by atoms with E-state index in [1.165, 1.54) is 12.0 Å². The van der Waals surface area contributed by atoms with Crippen LogP contribution in [0.3, 0.4) is 0 Å². The van der Waals surface area contributed by atoms with Gasteiger partial charge in [-0.2, -0.15) is 0 Å². The first-order valence-electron chi connectivity index (χ1n) is 14.6. The van der Waals surface area contributed by atoms with Crippen LogP contribution in [0.1, 0.15) is 48.8 Å². The number of ether oxygens (including phenoxy) is 1. The van der Waals surface area contributed by atoms with Crippen LogP contribution in [0.2, 0.25) is 0 Å². The quantitative estimate of drug-likeness (QED) is 0.270. The Labute approximate surface area is 263 Å². The third-order valence-electron chi connectivity index (χ3n) is 7.75. The summed E-state index contributed by atoms with van der Waals surface area (Å²) >= 11 is 3.51. The van der Waals surface area contributed by atoms with E-state index < -0.39 is 28.5 Å². The molecule has 3 aromatic rings. The van der Waals surface area contributed by atoms with Gasteiger partial charge in [0.2, 0.25) is 21.8 Å². The van der Waals surface area contributed by atoms with Crippen molar-refractivity contribution in [1.29, 1.82) is 0 Å². The van der Waals surface area contributed by atoms with Crippen LogP contribution in [0.25, 0.3) is 0 Å². The molecule has 0 saturated heterocycles.